The topological polar surface area (TPSA) is 65.1 Å². The summed E-state index contributed by atoms with van der Waals surface area (Å²) < 4.78 is 0.781. The van der Waals surface area contributed by atoms with Crippen LogP contribution in [-0.2, 0) is 0 Å². The maximum Gasteiger partial charge on any atom is 0.257 e. The highest BCUT2D eigenvalue weighted by molar-refractivity contribution is 5.40. The maximum absolute atomic E-state index is 9.25. The molecule has 0 aromatic carbocycles. The molecule has 13 heavy (non-hydrogen) atoms. The highest BCUT2D eigenvalue weighted by Gasteiger charge is 2.16. The Kier molecular flexibility index (Phi) is 1.72. The first-order valence-corrected chi connectivity index (χ1v) is 4.28. The average molecular weight is 180 g/mol. The Labute approximate surface area is 75.7 Å². The van der Waals surface area contributed by atoms with Gasteiger partial charge in [-0.1, -0.05) is 0 Å². The zero-order valence-corrected chi connectivity index (χ0v) is 7.49. The van der Waals surface area contributed by atoms with Crippen LogP contribution in [0.3, 0.4) is 0 Å². The second-order valence-electron chi connectivity index (χ2n) is 3.23. The van der Waals surface area contributed by atoms with Gasteiger partial charge in [0.15, 0.2) is 0 Å². The van der Waals surface area contributed by atoms with Crippen molar-refractivity contribution in [1.82, 2.24) is 9.71 Å². The van der Waals surface area contributed by atoms with E-state index in [0.717, 1.165) is 23.6 Å². The lowest BCUT2D eigenvalue weighted by atomic mass is 10.2. The van der Waals surface area contributed by atoms with Crippen LogP contribution in [-0.4, -0.2) is 28.0 Å². The number of aryl methyl sites for hydroxylation is 1. The zero-order chi connectivity index (χ0) is 9.42. The molecule has 70 valence electrons. The minimum Gasteiger partial charge on any atom is -0.425 e. The molecule has 1 aromatic heterocycles. The molecule has 1 aromatic rings. The average Bonchev–Trinajstić information content (AvgIpc) is 1.96. The van der Waals surface area contributed by atoms with Crippen molar-refractivity contribution < 1.29 is 5.21 Å². The third-order valence-electron chi connectivity index (χ3n) is 2.27. The molecule has 0 aliphatic carbocycles. The Morgan fingerprint density at radius 1 is 1.54 bits per heavy atom. The van der Waals surface area contributed by atoms with E-state index in [9.17, 15) is 5.21 Å². The summed E-state index contributed by atoms with van der Waals surface area (Å²) in [5, 5.41) is 16.6. The van der Waals surface area contributed by atoms with Crippen molar-refractivity contribution in [2.24, 2.45) is 0 Å². The van der Waals surface area contributed by atoms with Crippen molar-refractivity contribution in [1.29, 1.82) is 5.41 Å². The molecule has 2 N–H and O–H groups in total. The molecule has 1 aliphatic rings. The van der Waals surface area contributed by atoms with Crippen molar-refractivity contribution in [2.75, 3.05) is 18.0 Å². The smallest absolute Gasteiger partial charge is 0.257 e. The van der Waals surface area contributed by atoms with Gasteiger partial charge in [-0.05, 0) is 13.3 Å². The SMILES string of the molecule is Cc1cc(N2CCC2)nc(=N)n1O. The van der Waals surface area contributed by atoms with E-state index < -0.39 is 0 Å². The van der Waals surface area contributed by atoms with Crippen LogP contribution in [0, 0.1) is 12.3 Å². The number of anilines is 1. The molecule has 2 rings (SSSR count). The fourth-order valence-corrected chi connectivity index (χ4v) is 1.31. The minimum absolute atomic E-state index is 0.109. The van der Waals surface area contributed by atoms with E-state index in [1.54, 1.807) is 13.0 Å². The molecule has 0 amide bonds. The second-order valence-corrected chi connectivity index (χ2v) is 3.23. The quantitative estimate of drug-likeness (QED) is 0.603. The van der Waals surface area contributed by atoms with Gasteiger partial charge in [0, 0.05) is 19.2 Å². The van der Waals surface area contributed by atoms with Gasteiger partial charge in [-0.2, -0.15) is 9.71 Å². The summed E-state index contributed by atoms with van der Waals surface area (Å²) in [6.45, 7) is 3.76. The van der Waals surface area contributed by atoms with E-state index in [1.165, 1.54) is 6.42 Å². The fraction of sp³-hybridized carbons (Fsp3) is 0.500. The number of nitrogens with zero attached hydrogens (tertiary/aromatic N) is 3. The fourth-order valence-electron chi connectivity index (χ4n) is 1.31. The third kappa shape index (κ3) is 1.26. The first-order chi connectivity index (χ1) is 6.18. The van der Waals surface area contributed by atoms with Crippen LogP contribution in [0.5, 0.6) is 0 Å². The van der Waals surface area contributed by atoms with E-state index in [-0.39, 0.29) is 5.62 Å². The summed E-state index contributed by atoms with van der Waals surface area (Å²) in [6, 6.07) is 1.79. The van der Waals surface area contributed by atoms with E-state index in [4.69, 9.17) is 5.41 Å². The van der Waals surface area contributed by atoms with E-state index in [0.29, 0.717) is 5.69 Å². The van der Waals surface area contributed by atoms with Gasteiger partial charge in [-0.25, -0.2) is 0 Å². The number of hydrogen-bond donors (Lipinski definition) is 2. The maximum atomic E-state index is 9.25. The monoisotopic (exact) mass is 180 g/mol. The van der Waals surface area contributed by atoms with Crippen LogP contribution in [0.25, 0.3) is 0 Å². The van der Waals surface area contributed by atoms with Gasteiger partial charge in [0.25, 0.3) is 5.62 Å². The van der Waals surface area contributed by atoms with Crippen molar-refractivity contribution >= 4 is 5.82 Å². The van der Waals surface area contributed by atoms with Crippen LogP contribution >= 0.6 is 0 Å². The molecule has 1 fully saturated rings. The predicted molar refractivity (Wildman–Crippen MR) is 46.8 cm³/mol. The first-order valence-electron chi connectivity index (χ1n) is 4.28. The normalized spacial score (nSPS) is 15.6. The molecule has 0 spiro atoms. The van der Waals surface area contributed by atoms with E-state index in [1.807, 2.05) is 0 Å². The number of rotatable bonds is 1. The summed E-state index contributed by atoms with van der Waals surface area (Å²) in [5.41, 5.74) is 0.531. The van der Waals surface area contributed by atoms with Gasteiger partial charge in [0.05, 0.1) is 5.69 Å². The van der Waals surface area contributed by atoms with Crippen LogP contribution in [0.15, 0.2) is 6.07 Å². The Morgan fingerprint density at radius 2 is 2.23 bits per heavy atom. The molecule has 0 saturated carbocycles. The summed E-state index contributed by atoms with van der Waals surface area (Å²) in [7, 11) is 0. The molecule has 2 heterocycles. The van der Waals surface area contributed by atoms with Gasteiger partial charge in [0.1, 0.15) is 5.82 Å². The molecule has 0 unspecified atom stereocenters. The van der Waals surface area contributed by atoms with E-state index in [2.05, 4.69) is 9.88 Å². The molecule has 1 saturated heterocycles. The van der Waals surface area contributed by atoms with Crippen molar-refractivity contribution in [3.63, 3.8) is 0 Å². The van der Waals surface area contributed by atoms with Gasteiger partial charge in [-0.3, -0.25) is 5.41 Å². The van der Waals surface area contributed by atoms with Gasteiger partial charge < -0.3 is 10.1 Å². The van der Waals surface area contributed by atoms with Crippen LogP contribution < -0.4 is 10.5 Å². The van der Waals surface area contributed by atoms with Crippen molar-refractivity contribution in [3.8, 4) is 0 Å². The van der Waals surface area contributed by atoms with Crippen LogP contribution in [0.2, 0.25) is 0 Å². The highest BCUT2D eigenvalue weighted by atomic mass is 16.5. The zero-order valence-electron chi connectivity index (χ0n) is 7.49. The molecule has 1 aliphatic heterocycles. The minimum atomic E-state index is -0.109. The lowest BCUT2D eigenvalue weighted by molar-refractivity contribution is 0.158. The van der Waals surface area contributed by atoms with Crippen LogP contribution in [0.4, 0.5) is 5.82 Å². The second kappa shape index (κ2) is 2.76. The number of aromatic nitrogens is 2. The summed E-state index contributed by atoms with van der Waals surface area (Å²) in [5.74, 6) is 0.791. The summed E-state index contributed by atoms with van der Waals surface area (Å²) in [6.07, 6.45) is 1.18. The van der Waals surface area contributed by atoms with Crippen molar-refractivity contribution in [2.45, 2.75) is 13.3 Å². The van der Waals surface area contributed by atoms with Crippen molar-refractivity contribution in [3.05, 3.63) is 17.4 Å². The van der Waals surface area contributed by atoms with Crippen LogP contribution in [0.1, 0.15) is 12.1 Å². The molecule has 0 atom stereocenters. The molecular formula is C8H12N4O. The van der Waals surface area contributed by atoms with E-state index >= 15 is 0 Å². The Bertz CT molecular complexity index is 380. The largest absolute Gasteiger partial charge is 0.425 e. The van der Waals surface area contributed by atoms with Gasteiger partial charge in [-0.15, -0.1) is 0 Å². The Hall–Kier alpha value is -1.52. The molecule has 0 bridgehead atoms. The third-order valence-corrected chi connectivity index (χ3v) is 2.27. The first kappa shape index (κ1) is 8.10. The standard InChI is InChI=1S/C8H12N4O/c1-6-5-7(11-3-2-4-11)10-8(9)12(6)13/h5,9,13H,2-4H2,1H3. The molecule has 5 nitrogen and oxygen atoms in total. The lowest BCUT2D eigenvalue weighted by Gasteiger charge is -2.32. The number of nitrogens with one attached hydrogen (secondary N) is 1. The summed E-state index contributed by atoms with van der Waals surface area (Å²) >= 11 is 0. The molecular weight excluding hydrogens is 168 g/mol. The Balaban J connectivity index is 2.43. The highest BCUT2D eigenvalue weighted by Crippen LogP contribution is 2.16. The Morgan fingerprint density at radius 3 is 2.69 bits per heavy atom. The predicted octanol–water partition coefficient (Wildman–Crippen LogP) is 0.118. The van der Waals surface area contributed by atoms with Gasteiger partial charge >= 0.3 is 0 Å². The molecule has 0 radical (unpaired) electrons. The lowest BCUT2D eigenvalue weighted by Crippen LogP contribution is -2.39. The number of hydrogen-bond acceptors (Lipinski definition) is 4. The van der Waals surface area contributed by atoms with Gasteiger partial charge in [0.2, 0.25) is 0 Å². The summed E-state index contributed by atoms with van der Waals surface area (Å²) in [4.78, 5) is 6.05. The molecule has 5 heteroatoms.